The molecule has 0 unspecified atom stereocenters. The van der Waals surface area contributed by atoms with Gasteiger partial charge in [0.25, 0.3) is 0 Å². The van der Waals surface area contributed by atoms with E-state index in [1.165, 1.54) is 47.7 Å². The summed E-state index contributed by atoms with van der Waals surface area (Å²) in [7, 11) is 0. The zero-order chi connectivity index (χ0) is 19.3. The number of nitrogens with zero attached hydrogens (tertiary/aromatic N) is 3. The van der Waals surface area contributed by atoms with Crippen molar-refractivity contribution in [3.05, 3.63) is 89.2 Å². The van der Waals surface area contributed by atoms with Crippen molar-refractivity contribution in [3.63, 3.8) is 0 Å². The first-order valence-electron chi connectivity index (χ1n) is 10.4. The normalized spacial score (nSPS) is 16.2. The number of para-hydroxylation sites is 1. The maximum Gasteiger partial charge on any atom is 0.0455 e. The van der Waals surface area contributed by atoms with Gasteiger partial charge in [-0.05, 0) is 62.7 Å². The molecule has 0 radical (unpaired) electrons. The second-order valence-electron chi connectivity index (χ2n) is 7.96. The van der Waals surface area contributed by atoms with Gasteiger partial charge < -0.3 is 4.57 Å². The Morgan fingerprint density at radius 3 is 2.00 bits per heavy atom. The SMILES string of the molecule is Cc1cc(CN2CCCN(Cc3ccccc3)CC2)c(C)n1-c1ccccc1. The minimum atomic E-state index is 1.05. The molecule has 28 heavy (non-hydrogen) atoms. The average molecular weight is 374 g/mol. The lowest BCUT2D eigenvalue weighted by molar-refractivity contribution is 0.247. The summed E-state index contributed by atoms with van der Waals surface area (Å²) >= 11 is 0. The van der Waals surface area contributed by atoms with Gasteiger partial charge in [-0.25, -0.2) is 0 Å². The predicted molar refractivity (Wildman–Crippen MR) is 117 cm³/mol. The number of aryl methyl sites for hydroxylation is 1. The Bertz CT molecular complexity index is 883. The van der Waals surface area contributed by atoms with Gasteiger partial charge in [0, 0.05) is 43.3 Å². The van der Waals surface area contributed by atoms with Crippen LogP contribution in [0.4, 0.5) is 0 Å². The van der Waals surface area contributed by atoms with Crippen LogP contribution in [-0.4, -0.2) is 40.5 Å². The van der Waals surface area contributed by atoms with Gasteiger partial charge in [-0.1, -0.05) is 48.5 Å². The zero-order valence-corrected chi connectivity index (χ0v) is 17.1. The fraction of sp³-hybridized carbons (Fsp3) is 0.360. The molecule has 2 heterocycles. The molecule has 1 aliphatic heterocycles. The van der Waals surface area contributed by atoms with Crippen molar-refractivity contribution >= 4 is 0 Å². The lowest BCUT2D eigenvalue weighted by atomic mass is 10.2. The van der Waals surface area contributed by atoms with Gasteiger partial charge in [0.2, 0.25) is 0 Å². The van der Waals surface area contributed by atoms with E-state index in [9.17, 15) is 0 Å². The summed E-state index contributed by atoms with van der Waals surface area (Å²) in [6, 6.07) is 23.9. The van der Waals surface area contributed by atoms with Crippen LogP contribution in [0.15, 0.2) is 66.7 Å². The molecular formula is C25H31N3. The average Bonchev–Trinajstić information content (AvgIpc) is 2.86. The summed E-state index contributed by atoms with van der Waals surface area (Å²) in [5.74, 6) is 0. The lowest BCUT2D eigenvalue weighted by Crippen LogP contribution is -2.30. The molecule has 0 bridgehead atoms. The highest BCUT2D eigenvalue weighted by Crippen LogP contribution is 2.22. The highest BCUT2D eigenvalue weighted by molar-refractivity contribution is 5.40. The van der Waals surface area contributed by atoms with Crippen LogP contribution in [0.3, 0.4) is 0 Å². The topological polar surface area (TPSA) is 11.4 Å². The standard InChI is InChI=1S/C25H31N3/c1-21-18-24(22(2)28(21)25-12-7-4-8-13-25)20-27-15-9-14-26(16-17-27)19-23-10-5-3-6-11-23/h3-8,10-13,18H,9,14-17,19-20H2,1-2H3. The number of benzene rings is 2. The van der Waals surface area contributed by atoms with Crippen LogP contribution in [0.2, 0.25) is 0 Å². The number of hydrogen-bond donors (Lipinski definition) is 0. The molecule has 0 amide bonds. The molecular weight excluding hydrogens is 342 g/mol. The number of hydrogen-bond acceptors (Lipinski definition) is 2. The fourth-order valence-corrected chi connectivity index (χ4v) is 4.39. The highest BCUT2D eigenvalue weighted by Gasteiger charge is 2.18. The molecule has 1 aromatic heterocycles. The first-order valence-corrected chi connectivity index (χ1v) is 10.4. The fourth-order valence-electron chi connectivity index (χ4n) is 4.39. The molecule has 3 heteroatoms. The molecule has 1 fully saturated rings. The van der Waals surface area contributed by atoms with Gasteiger partial charge in [-0.2, -0.15) is 0 Å². The van der Waals surface area contributed by atoms with E-state index < -0.39 is 0 Å². The van der Waals surface area contributed by atoms with Gasteiger partial charge in [-0.15, -0.1) is 0 Å². The summed E-state index contributed by atoms with van der Waals surface area (Å²) in [5.41, 5.74) is 6.82. The molecule has 3 nitrogen and oxygen atoms in total. The summed E-state index contributed by atoms with van der Waals surface area (Å²) < 4.78 is 2.38. The van der Waals surface area contributed by atoms with Crippen molar-refractivity contribution in [2.24, 2.45) is 0 Å². The first-order chi connectivity index (χ1) is 13.7. The zero-order valence-electron chi connectivity index (χ0n) is 17.1. The van der Waals surface area contributed by atoms with Gasteiger partial charge in [0.05, 0.1) is 0 Å². The van der Waals surface area contributed by atoms with Crippen LogP contribution in [0, 0.1) is 13.8 Å². The third kappa shape index (κ3) is 4.37. The van der Waals surface area contributed by atoms with E-state index in [4.69, 9.17) is 0 Å². The van der Waals surface area contributed by atoms with E-state index in [1.54, 1.807) is 0 Å². The van der Waals surface area contributed by atoms with Crippen LogP contribution in [0.1, 0.15) is 28.9 Å². The second kappa shape index (κ2) is 8.76. The molecule has 0 atom stereocenters. The smallest absolute Gasteiger partial charge is 0.0455 e. The maximum atomic E-state index is 2.63. The molecule has 0 aliphatic carbocycles. The molecule has 146 valence electrons. The Hall–Kier alpha value is -2.36. The molecule has 0 N–H and O–H groups in total. The lowest BCUT2D eigenvalue weighted by Gasteiger charge is -2.22. The van der Waals surface area contributed by atoms with Gasteiger partial charge in [0.15, 0.2) is 0 Å². The van der Waals surface area contributed by atoms with Crippen molar-refractivity contribution in [3.8, 4) is 5.69 Å². The summed E-state index contributed by atoms with van der Waals surface area (Å²) in [6.45, 7) is 11.2. The van der Waals surface area contributed by atoms with E-state index in [-0.39, 0.29) is 0 Å². The number of rotatable bonds is 5. The van der Waals surface area contributed by atoms with E-state index in [0.29, 0.717) is 0 Å². The molecule has 0 saturated carbocycles. The van der Waals surface area contributed by atoms with E-state index in [1.807, 2.05) is 0 Å². The van der Waals surface area contributed by atoms with Gasteiger partial charge in [-0.3, -0.25) is 9.80 Å². The maximum absolute atomic E-state index is 2.63. The van der Waals surface area contributed by atoms with Crippen molar-refractivity contribution in [2.75, 3.05) is 26.2 Å². The van der Waals surface area contributed by atoms with E-state index in [2.05, 4.69) is 94.9 Å². The molecule has 2 aromatic carbocycles. The summed E-state index contributed by atoms with van der Waals surface area (Å²) in [5, 5.41) is 0. The van der Waals surface area contributed by atoms with Crippen LogP contribution in [0.25, 0.3) is 5.69 Å². The third-order valence-electron chi connectivity index (χ3n) is 5.87. The Labute approximate surface area is 169 Å². The van der Waals surface area contributed by atoms with Crippen molar-refractivity contribution < 1.29 is 0 Å². The van der Waals surface area contributed by atoms with Gasteiger partial charge >= 0.3 is 0 Å². The molecule has 1 saturated heterocycles. The van der Waals surface area contributed by atoms with Gasteiger partial charge in [0.1, 0.15) is 0 Å². The summed E-state index contributed by atoms with van der Waals surface area (Å²) in [6.07, 6.45) is 1.24. The van der Waals surface area contributed by atoms with Crippen LogP contribution in [-0.2, 0) is 13.1 Å². The van der Waals surface area contributed by atoms with Crippen molar-refractivity contribution in [2.45, 2.75) is 33.4 Å². The number of aromatic nitrogens is 1. The monoisotopic (exact) mass is 373 g/mol. The Balaban J connectivity index is 1.41. The summed E-state index contributed by atoms with van der Waals surface area (Å²) in [4.78, 5) is 5.23. The van der Waals surface area contributed by atoms with Crippen LogP contribution < -0.4 is 0 Å². The molecule has 0 spiro atoms. The Morgan fingerprint density at radius 1 is 0.714 bits per heavy atom. The predicted octanol–water partition coefficient (Wildman–Crippen LogP) is 4.80. The molecule has 3 aromatic rings. The van der Waals surface area contributed by atoms with Crippen molar-refractivity contribution in [1.82, 2.24) is 14.4 Å². The molecule has 1 aliphatic rings. The molecule has 4 rings (SSSR count). The van der Waals surface area contributed by atoms with Crippen LogP contribution in [0.5, 0.6) is 0 Å². The second-order valence-corrected chi connectivity index (χ2v) is 7.96. The van der Waals surface area contributed by atoms with Crippen molar-refractivity contribution in [1.29, 1.82) is 0 Å². The third-order valence-corrected chi connectivity index (χ3v) is 5.87. The Kier molecular flexibility index (Phi) is 5.94. The quantitative estimate of drug-likeness (QED) is 0.636. The largest absolute Gasteiger partial charge is 0.318 e. The minimum absolute atomic E-state index is 1.05. The first kappa shape index (κ1) is 19.0. The van der Waals surface area contributed by atoms with Crippen LogP contribution >= 0.6 is 0 Å². The minimum Gasteiger partial charge on any atom is -0.318 e. The van der Waals surface area contributed by atoms with E-state index in [0.717, 1.165) is 26.2 Å². The van der Waals surface area contributed by atoms with E-state index >= 15 is 0 Å². The Morgan fingerprint density at radius 2 is 1.32 bits per heavy atom. The highest BCUT2D eigenvalue weighted by atomic mass is 15.2.